The van der Waals surface area contributed by atoms with Gasteiger partial charge in [0.15, 0.2) is 46.2 Å². The van der Waals surface area contributed by atoms with Gasteiger partial charge in [-0.3, -0.25) is 39.4 Å². The molecule has 0 saturated carbocycles. The Morgan fingerprint density at radius 1 is 0.540 bits per heavy atom. The summed E-state index contributed by atoms with van der Waals surface area (Å²) in [5.41, 5.74) is 16.4. The average molecular weight is 1780 g/mol. The number of hydrogen-bond acceptors (Lipinski definition) is 24. The van der Waals surface area contributed by atoms with Crippen LogP contribution in [0.15, 0.2) is 191 Å². The van der Waals surface area contributed by atoms with Crippen LogP contribution >= 0.6 is 0 Å². The number of allylic oxidation sites excluding steroid dienone is 10. The molecule has 0 radical (unpaired) electrons. The topological polar surface area (TPSA) is 441 Å². The molecule has 6 atom stereocenters. The standard InChI is InChI=1S/C45H54N6O10S.C29H31N2O2.C17H28N4O9S/c1-27(52)28-22-37(60-9)38(25-36(28)51(55)56)61-21-20-48(6)19-18-46-43(54)33(26-62(57,58)59)47-41-29(23-39-44(2,3)31-14-10-12-16-34(31)49(39)7)42(53)30(41)24-40-45(4,5)32-15-11-13-17-35(32)50(40)8;1-28(2)20-12-8-10-14-22(20)30(5)24(28)16-18-26(32)19(27(18)33-7)17-25-29(3,4)21-13-9-11-15-23(21)31(25)6;1-11(22)12-8-15(29-3)16(9-14(12)21(24)25)30-7-6-20(2)5-4-19-17(23)13(18)10-31(26,27)28/h10-17,22-25,27,33,52H,18-21,26H2,1-9H3,(H2-,46,47,53,54,57,58,59);8-17H,1-7H3;8-9,11,13,22H,4-7,10,18H2,1-3H3,(H,19,23)(H,26,27,28)/q;+1;/p+2. The summed E-state index contributed by atoms with van der Waals surface area (Å²) in [7, 11) is 6.57. The fourth-order valence-electron chi connectivity index (χ4n) is 16.9. The molecule has 0 aromatic heterocycles. The Kier molecular flexibility index (Phi) is 29.5. The maximum atomic E-state index is 14.3. The molecule has 4 heterocycles. The molecule has 0 fully saturated rings. The molecule has 6 unspecified atom stereocenters. The molecule has 6 aromatic carbocycles. The van der Waals surface area contributed by atoms with Crippen molar-refractivity contribution in [3.63, 3.8) is 0 Å². The van der Waals surface area contributed by atoms with Gasteiger partial charge in [-0.1, -0.05) is 100 Å². The second-order valence-corrected chi connectivity index (χ2v) is 37.1. The van der Waals surface area contributed by atoms with Gasteiger partial charge in [0.25, 0.3) is 17.3 Å². The number of nitro benzene ring substituents is 2. The van der Waals surface area contributed by atoms with Crippen LogP contribution in [0.25, 0.3) is 0 Å². The number of aliphatic hydroxyl groups is 2. The number of para-hydroxylation sites is 4. The van der Waals surface area contributed by atoms with Gasteiger partial charge in [0.2, 0.25) is 23.1 Å². The number of quaternary nitrogens is 3. The molecule has 6 aromatic rings. The summed E-state index contributed by atoms with van der Waals surface area (Å²) in [4.78, 5) is 81.0. The smallest absolute Gasteiger partial charge is 0.279 e. The number of anilines is 2. The lowest BCUT2D eigenvalue weighted by Gasteiger charge is -2.32. The summed E-state index contributed by atoms with van der Waals surface area (Å²) < 4.78 is 101. The van der Waals surface area contributed by atoms with Crippen molar-refractivity contribution < 1.29 is 114 Å². The Balaban J connectivity index is 0.000000217. The number of likely N-dealkylation sites (N-methyl/N-ethyl adjacent to an activating group) is 4. The number of nitro groups is 2. The highest BCUT2D eigenvalue weighted by Crippen LogP contribution is 2.51. The van der Waals surface area contributed by atoms with Gasteiger partial charge in [-0.15, -0.1) is 0 Å². The number of rotatable bonds is 33. The van der Waals surface area contributed by atoms with E-state index < -0.39 is 88.5 Å². The molecule has 674 valence electrons. The number of amides is 2. The van der Waals surface area contributed by atoms with Gasteiger partial charge in [-0.25, -0.2) is 16.8 Å². The summed E-state index contributed by atoms with van der Waals surface area (Å²) in [6.45, 7) is 22.2. The first-order valence-electron chi connectivity index (χ1n) is 41.1. The highest BCUT2D eigenvalue weighted by molar-refractivity contribution is 7.86. The number of methoxy groups -OCH3 is 3. The Labute approximate surface area is 734 Å². The molecule has 0 spiro atoms. The number of fused-ring (bicyclic) bond motifs is 4. The number of carbonyl (C=O) groups is 4. The lowest BCUT2D eigenvalue weighted by atomic mass is 9.77. The largest absolute Gasteiger partial charge is 0.748 e. The summed E-state index contributed by atoms with van der Waals surface area (Å²) in [5, 5.41) is 51.0. The van der Waals surface area contributed by atoms with E-state index in [1.54, 1.807) is 19.3 Å². The van der Waals surface area contributed by atoms with Crippen molar-refractivity contribution in [3.8, 4) is 23.0 Å². The molecule has 0 bridgehead atoms. The molecule has 2 aliphatic carbocycles. The zero-order valence-electron chi connectivity index (χ0n) is 74.6. The van der Waals surface area contributed by atoms with Gasteiger partial charge in [0, 0.05) is 88.7 Å². The molecule has 126 heavy (non-hydrogen) atoms. The molecular formula is C91H115N12O21S2+3. The van der Waals surface area contributed by atoms with Crippen LogP contribution in [0.1, 0.15) is 115 Å². The van der Waals surface area contributed by atoms with Crippen molar-refractivity contribution in [1.29, 1.82) is 0 Å². The van der Waals surface area contributed by atoms with Crippen LogP contribution in [0.4, 0.5) is 34.1 Å². The molecule has 33 nitrogen and oxygen atoms in total. The highest BCUT2D eigenvalue weighted by Gasteiger charge is 2.50. The van der Waals surface area contributed by atoms with Crippen molar-refractivity contribution in [1.82, 2.24) is 16.0 Å². The molecule has 10 N–H and O–H groups in total. The lowest BCUT2D eigenvalue weighted by Crippen LogP contribution is -3.10. The maximum absolute atomic E-state index is 14.3. The van der Waals surface area contributed by atoms with Gasteiger partial charge in [0.1, 0.15) is 62.3 Å². The SMILES string of the molecule is COC1=C(C=C2N(C)c3ccccc3C2(C)C)C(=O)C1=CC1=[N+](C)c2ccccc2C1(C)C.COc1cc(C(C)O)c([N+](=O)[O-])cc1OCC[NH+](C)CCNC(=O)C(CS(=O)(=O)[O-])NC1=C(C=C2N(C)c3ccccc3C2(C)C)C(=O)C1=CC1=[N+](C)c2ccccc2C1(C)C.COc1cc(C(C)O)c([N+](=O)[O-])cc1OCC[NH+](C)CCNC(=O)C([NH3+])CS(=O)(=O)[O-]. The number of hydrogen-bond donors (Lipinski definition) is 8. The van der Waals surface area contributed by atoms with Crippen molar-refractivity contribution in [2.45, 2.75) is 115 Å². The summed E-state index contributed by atoms with van der Waals surface area (Å²) in [5.74, 6) is -2.14. The number of ketones is 2. The van der Waals surface area contributed by atoms with E-state index in [1.807, 2.05) is 98.3 Å². The first-order valence-corrected chi connectivity index (χ1v) is 44.3. The highest BCUT2D eigenvalue weighted by atomic mass is 32.2. The fourth-order valence-corrected chi connectivity index (χ4v) is 18.2. The number of nitrogens with one attached hydrogen (secondary N) is 5. The van der Waals surface area contributed by atoms with E-state index in [4.69, 9.17) is 23.7 Å². The normalized spacial score (nSPS) is 19.0. The minimum Gasteiger partial charge on any atom is -0.748 e. The van der Waals surface area contributed by atoms with E-state index in [0.717, 1.165) is 55.1 Å². The molecule has 12 rings (SSSR count). The van der Waals surface area contributed by atoms with Gasteiger partial charge in [-0.2, -0.15) is 9.15 Å². The van der Waals surface area contributed by atoms with E-state index in [-0.39, 0.29) is 111 Å². The van der Waals surface area contributed by atoms with Gasteiger partial charge in [-0.05, 0) is 89.1 Å². The molecule has 6 aliphatic rings. The van der Waals surface area contributed by atoms with Crippen molar-refractivity contribution in [2.24, 2.45) is 0 Å². The third kappa shape index (κ3) is 20.5. The van der Waals surface area contributed by atoms with Crippen molar-refractivity contribution >= 4 is 89.2 Å². The van der Waals surface area contributed by atoms with Crippen LogP contribution in [0.2, 0.25) is 0 Å². The van der Waals surface area contributed by atoms with Crippen LogP contribution in [0.5, 0.6) is 23.0 Å². The summed E-state index contributed by atoms with van der Waals surface area (Å²) >= 11 is 0. The minimum atomic E-state index is -4.95. The van der Waals surface area contributed by atoms with E-state index >= 15 is 0 Å². The first kappa shape index (κ1) is 96.4. The Hall–Kier alpha value is -11.8. The molecular weight excluding hydrogens is 1660 g/mol. The van der Waals surface area contributed by atoms with Crippen LogP contribution in [-0.2, 0) is 65.8 Å². The van der Waals surface area contributed by atoms with Crippen molar-refractivity contribution in [3.05, 3.63) is 244 Å². The van der Waals surface area contributed by atoms with E-state index in [0.29, 0.717) is 43.1 Å². The fraction of sp³-hybridized carbons (Fsp3) is 0.407. The average Bonchev–Trinajstić information content (AvgIpc) is 1.55. The zero-order chi connectivity index (χ0) is 92.9. The number of carbonyl (C=O) groups excluding carboxylic acids is 4. The molecule has 35 heteroatoms. The predicted molar refractivity (Wildman–Crippen MR) is 473 cm³/mol. The van der Waals surface area contributed by atoms with Crippen LogP contribution in [0, 0.1) is 20.2 Å². The van der Waals surface area contributed by atoms with Gasteiger partial charge in [0.05, 0.1) is 162 Å². The number of benzene rings is 6. The van der Waals surface area contributed by atoms with E-state index in [1.165, 1.54) is 74.8 Å². The third-order valence-electron chi connectivity index (χ3n) is 24.1. The maximum Gasteiger partial charge on any atom is 0.279 e. The zero-order valence-corrected chi connectivity index (χ0v) is 76.2. The second-order valence-electron chi connectivity index (χ2n) is 34.2. The third-order valence-corrected chi connectivity index (χ3v) is 25.6. The molecule has 2 amide bonds. The predicted octanol–water partition coefficient (Wildman–Crippen LogP) is 5.19. The Bertz CT molecular complexity index is 5820. The number of nitrogens with zero attached hydrogens (tertiary/aromatic N) is 6. The summed E-state index contributed by atoms with van der Waals surface area (Å²) in [6.07, 6.45) is 5.43. The number of Topliss-reactive ketones (excluding diaryl/α,β-unsaturated/α-hetero) is 2. The quantitative estimate of drug-likeness (QED) is 0.00864. The van der Waals surface area contributed by atoms with Crippen LogP contribution in [-0.4, -0.2) is 230 Å². The molecule has 0 saturated heterocycles. The lowest BCUT2D eigenvalue weighted by molar-refractivity contribution is -0.878. The molecule has 4 aliphatic heterocycles. The van der Waals surface area contributed by atoms with Crippen LogP contribution in [0.3, 0.4) is 0 Å². The number of aliphatic hydroxyl groups excluding tert-OH is 2. The van der Waals surface area contributed by atoms with Gasteiger partial charge >= 0.3 is 0 Å². The number of ether oxygens (including phenoxy) is 5. The minimum absolute atomic E-state index is 0.0344. The van der Waals surface area contributed by atoms with E-state index in [9.17, 15) is 75.6 Å². The van der Waals surface area contributed by atoms with Gasteiger partial charge < -0.3 is 84.3 Å². The van der Waals surface area contributed by atoms with Crippen LogP contribution < -0.4 is 60.2 Å². The van der Waals surface area contributed by atoms with Crippen molar-refractivity contribution in [2.75, 3.05) is 137 Å². The van der Waals surface area contributed by atoms with E-state index in [2.05, 4.69) is 149 Å². The Morgan fingerprint density at radius 2 is 0.921 bits per heavy atom. The first-order chi connectivity index (χ1) is 59.0. The second kappa shape index (κ2) is 38.6. The Morgan fingerprint density at radius 3 is 1.30 bits per heavy atom. The monoisotopic (exact) mass is 1780 g/mol. The summed E-state index contributed by atoms with van der Waals surface area (Å²) in [6, 6.07) is 35.1.